The number of fused-ring (bicyclic) bond motifs is 4. The predicted octanol–water partition coefficient (Wildman–Crippen LogP) is 9.96. The van der Waals surface area contributed by atoms with E-state index in [9.17, 15) is 4.39 Å². The van der Waals surface area contributed by atoms with E-state index < -0.39 is 0 Å². The maximum atomic E-state index is 14.0. The number of hydrogen-bond acceptors (Lipinski definition) is 2. The van der Waals surface area contributed by atoms with Gasteiger partial charge in [-0.2, -0.15) is 0 Å². The Hall–Kier alpha value is -4.89. The fourth-order valence-electron chi connectivity index (χ4n) is 5.18. The monoisotopic (exact) mass is 479 g/mol. The molecular weight excluding hydrogens is 457 g/mol. The van der Waals surface area contributed by atoms with E-state index in [1.807, 2.05) is 36.4 Å². The number of furan rings is 1. The summed E-state index contributed by atoms with van der Waals surface area (Å²) in [6, 6.07) is 42.0. The van der Waals surface area contributed by atoms with E-state index >= 15 is 0 Å². The van der Waals surface area contributed by atoms with Crippen molar-refractivity contribution in [1.82, 2.24) is 0 Å². The van der Waals surface area contributed by atoms with E-state index in [4.69, 9.17) is 4.42 Å². The topological polar surface area (TPSA) is 25.2 Å². The Bertz CT molecular complexity index is 1910. The van der Waals surface area contributed by atoms with Gasteiger partial charge in [-0.05, 0) is 75.5 Å². The van der Waals surface area contributed by atoms with Crippen molar-refractivity contribution in [2.24, 2.45) is 0 Å². The van der Waals surface area contributed by atoms with Crippen LogP contribution >= 0.6 is 0 Å². The summed E-state index contributed by atoms with van der Waals surface area (Å²) in [7, 11) is 0. The third-order valence-electron chi connectivity index (χ3n) is 6.90. The van der Waals surface area contributed by atoms with Crippen molar-refractivity contribution in [3.8, 4) is 22.3 Å². The summed E-state index contributed by atoms with van der Waals surface area (Å²) >= 11 is 0. The highest BCUT2D eigenvalue weighted by atomic mass is 19.1. The molecule has 0 fully saturated rings. The molecule has 0 aliphatic rings. The van der Waals surface area contributed by atoms with Crippen LogP contribution in [0.3, 0.4) is 0 Å². The lowest BCUT2D eigenvalue weighted by Gasteiger charge is -2.13. The quantitative estimate of drug-likeness (QED) is 0.272. The minimum atomic E-state index is -0.233. The number of anilines is 2. The molecule has 0 aliphatic heterocycles. The Morgan fingerprint density at radius 3 is 2.03 bits per heavy atom. The molecule has 37 heavy (non-hydrogen) atoms. The summed E-state index contributed by atoms with van der Waals surface area (Å²) in [5.41, 5.74) is 7.84. The number of para-hydroxylation sites is 1. The van der Waals surface area contributed by atoms with Crippen LogP contribution in [0.2, 0.25) is 0 Å². The molecule has 176 valence electrons. The number of hydrogen-bond donors (Lipinski definition) is 1. The van der Waals surface area contributed by atoms with Gasteiger partial charge >= 0.3 is 0 Å². The second-order valence-corrected chi connectivity index (χ2v) is 9.23. The van der Waals surface area contributed by atoms with Gasteiger partial charge in [0.15, 0.2) is 0 Å². The molecule has 0 amide bonds. The summed E-state index contributed by atoms with van der Waals surface area (Å²) in [6.45, 7) is 0. The standard InChI is InChI=1S/C34H22FNO/c35-25-9-3-8-24(20-25)29-12-5-7-23-6-4-11-28(34(23)29)22-14-16-26(17-15-22)36-27-18-19-31-30-10-1-2-13-32(30)37-33(31)21-27/h1-21,36H. The lowest BCUT2D eigenvalue weighted by Crippen LogP contribution is -1.91. The molecule has 7 rings (SSSR count). The second kappa shape index (κ2) is 8.65. The van der Waals surface area contributed by atoms with Crippen molar-refractivity contribution in [3.05, 3.63) is 133 Å². The summed E-state index contributed by atoms with van der Waals surface area (Å²) in [5.74, 6) is -0.233. The zero-order chi connectivity index (χ0) is 24.8. The molecule has 0 radical (unpaired) electrons. The van der Waals surface area contributed by atoms with Gasteiger partial charge in [-0.25, -0.2) is 4.39 Å². The predicted molar refractivity (Wildman–Crippen MR) is 152 cm³/mol. The van der Waals surface area contributed by atoms with Gasteiger partial charge in [0, 0.05) is 28.2 Å². The number of benzene rings is 6. The first kappa shape index (κ1) is 21.4. The van der Waals surface area contributed by atoms with Gasteiger partial charge in [0.2, 0.25) is 0 Å². The average Bonchev–Trinajstić information content (AvgIpc) is 3.31. The molecule has 0 saturated carbocycles. The number of halogens is 1. The van der Waals surface area contributed by atoms with Crippen LogP contribution in [-0.2, 0) is 0 Å². The molecule has 0 bridgehead atoms. The Kier molecular flexibility index (Phi) is 5.00. The average molecular weight is 480 g/mol. The van der Waals surface area contributed by atoms with Crippen LogP contribution in [0.4, 0.5) is 15.8 Å². The van der Waals surface area contributed by atoms with Crippen LogP contribution in [0, 0.1) is 5.82 Å². The highest BCUT2D eigenvalue weighted by molar-refractivity contribution is 6.07. The van der Waals surface area contributed by atoms with Crippen LogP contribution in [0.1, 0.15) is 0 Å². The van der Waals surface area contributed by atoms with E-state index in [1.54, 1.807) is 12.1 Å². The molecule has 1 N–H and O–H groups in total. The van der Waals surface area contributed by atoms with Gasteiger partial charge in [0.1, 0.15) is 17.0 Å². The summed E-state index contributed by atoms with van der Waals surface area (Å²) in [5, 5.41) is 7.98. The highest BCUT2D eigenvalue weighted by Crippen LogP contribution is 2.37. The number of rotatable bonds is 4. The lowest BCUT2D eigenvalue weighted by atomic mass is 9.91. The molecule has 0 unspecified atom stereocenters. The van der Waals surface area contributed by atoms with Gasteiger partial charge in [-0.1, -0.05) is 78.9 Å². The van der Waals surface area contributed by atoms with Crippen molar-refractivity contribution in [2.75, 3.05) is 5.32 Å². The normalized spacial score (nSPS) is 11.4. The Morgan fingerprint density at radius 1 is 0.514 bits per heavy atom. The van der Waals surface area contributed by atoms with Crippen molar-refractivity contribution in [3.63, 3.8) is 0 Å². The minimum Gasteiger partial charge on any atom is -0.456 e. The zero-order valence-electron chi connectivity index (χ0n) is 19.9. The summed E-state index contributed by atoms with van der Waals surface area (Å²) in [6.07, 6.45) is 0. The van der Waals surface area contributed by atoms with Gasteiger partial charge < -0.3 is 9.73 Å². The van der Waals surface area contributed by atoms with Crippen molar-refractivity contribution >= 4 is 44.1 Å². The first-order valence-corrected chi connectivity index (χ1v) is 12.3. The van der Waals surface area contributed by atoms with Crippen LogP contribution in [0.25, 0.3) is 55.0 Å². The van der Waals surface area contributed by atoms with E-state index in [2.05, 4.69) is 78.1 Å². The fourth-order valence-corrected chi connectivity index (χ4v) is 5.18. The molecule has 2 nitrogen and oxygen atoms in total. The molecule has 1 aromatic heterocycles. The SMILES string of the molecule is Fc1cccc(-c2cccc3cccc(-c4ccc(Nc5ccc6c(c5)oc5ccccc56)cc4)c23)c1. The minimum absolute atomic E-state index is 0.233. The van der Waals surface area contributed by atoms with E-state index in [1.165, 1.54) is 6.07 Å². The van der Waals surface area contributed by atoms with Crippen LogP contribution < -0.4 is 5.32 Å². The first-order valence-electron chi connectivity index (χ1n) is 12.3. The second-order valence-electron chi connectivity index (χ2n) is 9.23. The molecule has 3 heteroatoms. The third-order valence-corrected chi connectivity index (χ3v) is 6.90. The van der Waals surface area contributed by atoms with Crippen molar-refractivity contribution in [2.45, 2.75) is 0 Å². The zero-order valence-corrected chi connectivity index (χ0v) is 19.9. The lowest BCUT2D eigenvalue weighted by molar-refractivity contribution is 0.628. The fraction of sp³-hybridized carbons (Fsp3) is 0. The van der Waals surface area contributed by atoms with Crippen LogP contribution in [0.15, 0.2) is 132 Å². The molecule has 7 aromatic rings. The molecule has 0 saturated heterocycles. The highest BCUT2D eigenvalue weighted by Gasteiger charge is 2.11. The van der Waals surface area contributed by atoms with Gasteiger partial charge in [0.05, 0.1) is 0 Å². The van der Waals surface area contributed by atoms with E-state index in [0.717, 1.165) is 66.3 Å². The Morgan fingerprint density at radius 2 is 1.22 bits per heavy atom. The van der Waals surface area contributed by atoms with Gasteiger partial charge in [-0.15, -0.1) is 0 Å². The Balaban J connectivity index is 1.24. The molecule has 0 spiro atoms. The summed E-state index contributed by atoms with van der Waals surface area (Å²) in [4.78, 5) is 0. The molecule has 0 aliphatic carbocycles. The Labute approximate surface area is 213 Å². The summed E-state index contributed by atoms with van der Waals surface area (Å²) < 4.78 is 20.1. The van der Waals surface area contributed by atoms with Crippen molar-refractivity contribution < 1.29 is 8.81 Å². The molecule has 6 aromatic carbocycles. The van der Waals surface area contributed by atoms with Gasteiger partial charge in [0.25, 0.3) is 0 Å². The van der Waals surface area contributed by atoms with Crippen LogP contribution in [0.5, 0.6) is 0 Å². The smallest absolute Gasteiger partial charge is 0.137 e. The maximum Gasteiger partial charge on any atom is 0.137 e. The van der Waals surface area contributed by atoms with E-state index in [0.29, 0.717) is 0 Å². The molecular formula is C34H22FNO. The molecule has 1 heterocycles. The third kappa shape index (κ3) is 3.82. The van der Waals surface area contributed by atoms with Gasteiger partial charge in [-0.3, -0.25) is 0 Å². The van der Waals surface area contributed by atoms with E-state index in [-0.39, 0.29) is 5.82 Å². The van der Waals surface area contributed by atoms with Crippen molar-refractivity contribution in [1.29, 1.82) is 0 Å². The largest absolute Gasteiger partial charge is 0.456 e. The first-order chi connectivity index (χ1) is 18.2. The number of nitrogens with one attached hydrogen (secondary N) is 1. The molecule has 0 atom stereocenters. The maximum absolute atomic E-state index is 14.0. The van der Waals surface area contributed by atoms with Crippen LogP contribution in [-0.4, -0.2) is 0 Å².